The standard InChI is InChI=1S/C14H9Cl2FO3/c1-20-12-6-10(15)9(5-11(12)16)7-3-2-4-8(13(7)17)14(18)19/h2-6H,1H3,(H,18,19). The van der Waals surface area contributed by atoms with Crippen molar-refractivity contribution in [3.8, 4) is 16.9 Å². The van der Waals surface area contributed by atoms with Crippen molar-refractivity contribution in [3.63, 3.8) is 0 Å². The fraction of sp³-hybridized carbons (Fsp3) is 0.0714. The maximum Gasteiger partial charge on any atom is 0.338 e. The Morgan fingerprint density at radius 2 is 1.90 bits per heavy atom. The topological polar surface area (TPSA) is 46.5 Å². The fourth-order valence-electron chi connectivity index (χ4n) is 1.80. The molecule has 0 bridgehead atoms. The molecule has 0 atom stereocenters. The molecule has 104 valence electrons. The lowest BCUT2D eigenvalue weighted by Crippen LogP contribution is -2.02. The Morgan fingerprint density at radius 3 is 2.50 bits per heavy atom. The van der Waals surface area contributed by atoms with E-state index in [1.807, 2.05) is 0 Å². The van der Waals surface area contributed by atoms with Crippen LogP contribution in [0.25, 0.3) is 11.1 Å². The first-order valence-corrected chi connectivity index (χ1v) is 6.26. The molecule has 0 aliphatic rings. The molecular weight excluding hydrogens is 306 g/mol. The van der Waals surface area contributed by atoms with Crippen molar-refractivity contribution in [2.75, 3.05) is 7.11 Å². The van der Waals surface area contributed by atoms with E-state index < -0.39 is 17.3 Å². The molecule has 0 saturated carbocycles. The highest BCUT2D eigenvalue weighted by atomic mass is 35.5. The van der Waals surface area contributed by atoms with E-state index in [9.17, 15) is 9.18 Å². The Balaban J connectivity index is 2.66. The first kappa shape index (κ1) is 14.6. The maximum atomic E-state index is 14.2. The van der Waals surface area contributed by atoms with Crippen LogP contribution in [-0.2, 0) is 0 Å². The van der Waals surface area contributed by atoms with E-state index in [0.717, 1.165) is 0 Å². The maximum absolute atomic E-state index is 14.2. The number of methoxy groups -OCH3 is 1. The lowest BCUT2D eigenvalue weighted by molar-refractivity contribution is 0.0692. The highest BCUT2D eigenvalue weighted by Gasteiger charge is 2.18. The molecule has 6 heteroatoms. The minimum absolute atomic E-state index is 0.0689. The summed E-state index contributed by atoms with van der Waals surface area (Å²) < 4.78 is 19.2. The minimum Gasteiger partial charge on any atom is -0.495 e. The Labute approximate surface area is 124 Å². The molecule has 2 rings (SSSR count). The third kappa shape index (κ3) is 2.57. The van der Waals surface area contributed by atoms with Crippen LogP contribution in [-0.4, -0.2) is 18.2 Å². The molecule has 0 amide bonds. The summed E-state index contributed by atoms with van der Waals surface area (Å²) in [5, 5.41) is 9.40. The van der Waals surface area contributed by atoms with Crippen LogP contribution < -0.4 is 4.74 Å². The molecule has 0 aromatic heterocycles. The number of halogens is 3. The molecule has 0 radical (unpaired) electrons. The van der Waals surface area contributed by atoms with E-state index in [1.165, 1.54) is 37.4 Å². The second-order valence-corrected chi connectivity index (χ2v) is 4.75. The molecular formula is C14H9Cl2FO3. The molecule has 20 heavy (non-hydrogen) atoms. The van der Waals surface area contributed by atoms with E-state index in [2.05, 4.69) is 0 Å². The first-order valence-electron chi connectivity index (χ1n) is 5.51. The molecule has 0 aliphatic carbocycles. The molecule has 0 aliphatic heterocycles. The van der Waals surface area contributed by atoms with Crippen LogP contribution in [0.1, 0.15) is 10.4 Å². The summed E-state index contributed by atoms with van der Waals surface area (Å²) in [5.41, 5.74) is -0.0528. The molecule has 2 aromatic rings. The van der Waals surface area contributed by atoms with Crippen molar-refractivity contribution in [2.45, 2.75) is 0 Å². The van der Waals surface area contributed by atoms with Crippen molar-refractivity contribution in [1.29, 1.82) is 0 Å². The van der Waals surface area contributed by atoms with Gasteiger partial charge in [0.05, 0.1) is 22.7 Å². The minimum atomic E-state index is -1.35. The van der Waals surface area contributed by atoms with Crippen molar-refractivity contribution in [1.82, 2.24) is 0 Å². The summed E-state index contributed by atoms with van der Waals surface area (Å²) in [6, 6.07) is 6.95. The zero-order chi connectivity index (χ0) is 14.9. The first-order chi connectivity index (χ1) is 9.45. The third-order valence-corrected chi connectivity index (χ3v) is 3.37. The normalized spacial score (nSPS) is 10.4. The molecule has 0 spiro atoms. The summed E-state index contributed by atoms with van der Waals surface area (Å²) in [5.74, 6) is -1.85. The number of ether oxygens (including phenoxy) is 1. The van der Waals surface area contributed by atoms with Gasteiger partial charge in [0.15, 0.2) is 0 Å². The van der Waals surface area contributed by atoms with Crippen molar-refractivity contribution >= 4 is 29.2 Å². The van der Waals surface area contributed by atoms with Crippen LogP contribution >= 0.6 is 23.2 Å². The molecule has 0 saturated heterocycles. The summed E-state index contributed by atoms with van der Waals surface area (Å²) in [6.45, 7) is 0. The Hall–Kier alpha value is -1.78. The van der Waals surface area contributed by atoms with E-state index in [4.69, 9.17) is 33.0 Å². The lowest BCUT2D eigenvalue weighted by atomic mass is 10.0. The van der Waals surface area contributed by atoms with Gasteiger partial charge in [0.1, 0.15) is 11.6 Å². The average Bonchev–Trinajstić information content (AvgIpc) is 2.41. The number of aromatic carboxylic acids is 1. The number of rotatable bonds is 3. The van der Waals surface area contributed by atoms with Gasteiger partial charge < -0.3 is 9.84 Å². The van der Waals surface area contributed by atoms with E-state index >= 15 is 0 Å². The van der Waals surface area contributed by atoms with Gasteiger partial charge in [-0.15, -0.1) is 0 Å². The van der Waals surface area contributed by atoms with Gasteiger partial charge in [0, 0.05) is 17.2 Å². The number of carboxylic acids is 1. The largest absolute Gasteiger partial charge is 0.495 e. The van der Waals surface area contributed by atoms with Crippen LogP contribution in [0.15, 0.2) is 30.3 Å². The number of hydrogen-bond donors (Lipinski definition) is 1. The quantitative estimate of drug-likeness (QED) is 0.906. The second kappa shape index (κ2) is 5.69. The van der Waals surface area contributed by atoms with Crippen LogP contribution in [0.3, 0.4) is 0 Å². The highest BCUT2D eigenvalue weighted by Crippen LogP contribution is 2.38. The van der Waals surface area contributed by atoms with Gasteiger partial charge >= 0.3 is 5.97 Å². The van der Waals surface area contributed by atoms with E-state index in [-0.39, 0.29) is 15.6 Å². The van der Waals surface area contributed by atoms with Crippen molar-refractivity contribution < 1.29 is 19.0 Å². The van der Waals surface area contributed by atoms with Gasteiger partial charge in [-0.05, 0) is 12.1 Å². The van der Waals surface area contributed by atoms with Crippen LogP contribution in [0.5, 0.6) is 5.75 Å². The smallest absolute Gasteiger partial charge is 0.338 e. The van der Waals surface area contributed by atoms with Gasteiger partial charge in [-0.1, -0.05) is 35.3 Å². The van der Waals surface area contributed by atoms with Gasteiger partial charge in [0.25, 0.3) is 0 Å². The molecule has 2 aromatic carbocycles. The second-order valence-electron chi connectivity index (χ2n) is 3.94. The Morgan fingerprint density at radius 1 is 1.20 bits per heavy atom. The number of benzene rings is 2. The van der Waals surface area contributed by atoms with Gasteiger partial charge in [0.2, 0.25) is 0 Å². The van der Waals surface area contributed by atoms with Gasteiger partial charge in [-0.3, -0.25) is 0 Å². The highest BCUT2D eigenvalue weighted by molar-refractivity contribution is 6.36. The number of carboxylic acid groups (broad SMARTS) is 1. The summed E-state index contributed by atoms with van der Waals surface area (Å²) >= 11 is 12.0. The molecule has 0 heterocycles. The monoisotopic (exact) mass is 314 g/mol. The molecule has 0 unspecified atom stereocenters. The average molecular weight is 315 g/mol. The zero-order valence-corrected chi connectivity index (χ0v) is 11.8. The number of carbonyl (C=O) groups is 1. The van der Waals surface area contributed by atoms with E-state index in [0.29, 0.717) is 11.3 Å². The molecule has 0 fully saturated rings. The van der Waals surface area contributed by atoms with Gasteiger partial charge in [-0.2, -0.15) is 0 Å². The number of hydrogen-bond acceptors (Lipinski definition) is 2. The molecule has 1 N–H and O–H groups in total. The fourth-order valence-corrected chi connectivity index (χ4v) is 2.29. The van der Waals surface area contributed by atoms with Crippen molar-refractivity contribution in [3.05, 3.63) is 51.8 Å². The van der Waals surface area contributed by atoms with Crippen LogP contribution in [0.2, 0.25) is 10.0 Å². The lowest BCUT2D eigenvalue weighted by Gasteiger charge is -2.11. The predicted octanol–water partition coefficient (Wildman–Crippen LogP) is 4.51. The zero-order valence-electron chi connectivity index (χ0n) is 10.3. The molecule has 3 nitrogen and oxygen atoms in total. The Bertz CT molecular complexity index is 686. The predicted molar refractivity (Wildman–Crippen MR) is 75.4 cm³/mol. The summed E-state index contributed by atoms with van der Waals surface area (Å²) in [6.07, 6.45) is 0. The SMILES string of the molecule is COc1cc(Cl)c(-c2cccc(C(=O)O)c2F)cc1Cl. The summed E-state index contributed by atoms with van der Waals surface area (Å²) in [7, 11) is 1.43. The van der Waals surface area contributed by atoms with Crippen LogP contribution in [0, 0.1) is 5.82 Å². The third-order valence-electron chi connectivity index (χ3n) is 2.76. The van der Waals surface area contributed by atoms with Crippen LogP contribution in [0.4, 0.5) is 4.39 Å². The summed E-state index contributed by atoms with van der Waals surface area (Å²) in [4.78, 5) is 10.9. The van der Waals surface area contributed by atoms with Crippen molar-refractivity contribution in [2.24, 2.45) is 0 Å². The Kier molecular flexibility index (Phi) is 4.16. The van der Waals surface area contributed by atoms with E-state index in [1.54, 1.807) is 0 Å². The van der Waals surface area contributed by atoms with Gasteiger partial charge in [-0.25, -0.2) is 9.18 Å².